The summed E-state index contributed by atoms with van der Waals surface area (Å²) in [6, 6.07) is 3.19. The molecule has 0 aliphatic rings. The van der Waals surface area contributed by atoms with Crippen LogP contribution in [-0.2, 0) is 0 Å². The van der Waals surface area contributed by atoms with Crippen molar-refractivity contribution in [2.45, 2.75) is 0 Å². The highest BCUT2D eigenvalue weighted by Crippen LogP contribution is 2.22. The second kappa shape index (κ2) is 7.38. The minimum atomic E-state index is -2.05. The lowest BCUT2D eigenvalue weighted by Gasteiger charge is -2.10. The highest BCUT2D eigenvalue weighted by molar-refractivity contribution is 6.59. The average Bonchev–Trinajstić information content (AvgIpc) is 3.10. The Hall–Kier alpha value is -2.53. The number of nitrogens with zero attached hydrogens (tertiary/aromatic N) is 4. The van der Waals surface area contributed by atoms with E-state index < -0.39 is 24.3 Å². The highest BCUT2D eigenvalue weighted by atomic mass is 35.5. The van der Waals surface area contributed by atoms with Crippen LogP contribution in [0.1, 0.15) is 10.4 Å². The Morgan fingerprint density at radius 2 is 1.85 bits per heavy atom. The highest BCUT2D eigenvalue weighted by Gasteiger charge is 2.21. The van der Waals surface area contributed by atoms with Gasteiger partial charge in [-0.2, -0.15) is 10.2 Å². The van der Waals surface area contributed by atoms with E-state index in [1.54, 1.807) is 0 Å². The Morgan fingerprint density at radius 1 is 1.15 bits per heavy atom. The van der Waals surface area contributed by atoms with E-state index in [0.717, 1.165) is 12.1 Å². The number of pyridine rings is 1. The van der Waals surface area contributed by atoms with Gasteiger partial charge in [-0.1, -0.05) is 23.2 Å². The lowest BCUT2D eigenvalue weighted by atomic mass is 9.79. The van der Waals surface area contributed by atoms with Crippen LogP contribution in [-0.4, -0.2) is 43.1 Å². The normalized spacial score (nSPS) is 10.7. The van der Waals surface area contributed by atoms with Gasteiger partial charge in [0.1, 0.15) is 5.82 Å². The summed E-state index contributed by atoms with van der Waals surface area (Å²) in [5.74, 6) is -1.44. The van der Waals surface area contributed by atoms with Crippen molar-refractivity contribution in [1.29, 1.82) is 0 Å². The van der Waals surface area contributed by atoms with Crippen molar-refractivity contribution in [3.8, 4) is 5.82 Å². The Kier molecular flexibility index (Phi) is 5.19. The van der Waals surface area contributed by atoms with Crippen LogP contribution in [0.25, 0.3) is 5.82 Å². The molecule has 0 aliphatic heterocycles. The Labute approximate surface area is 156 Å². The number of halogens is 3. The molecule has 0 unspecified atom stereocenters. The van der Waals surface area contributed by atoms with E-state index in [9.17, 15) is 9.18 Å². The quantitative estimate of drug-likeness (QED) is 0.569. The van der Waals surface area contributed by atoms with E-state index in [4.69, 9.17) is 33.2 Å². The molecule has 8 nitrogen and oxygen atoms in total. The van der Waals surface area contributed by atoms with Crippen LogP contribution in [0.2, 0.25) is 10.0 Å². The summed E-state index contributed by atoms with van der Waals surface area (Å²) in [6.45, 7) is 0. The number of hydrogen-bond acceptors (Lipinski definition) is 6. The van der Waals surface area contributed by atoms with Crippen LogP contribution < -0.4 is 10.8 Å². The molecule has 2 heterocycles. The van der Waals surface area contributed by atoms with Crippen molar-refractivity contribution >= 4 is 47.4 Å². The molecule has 0 radical (unpaired) electrons. The minimum absolute atomic E-state index is 0.150. The van der Waals surface area contributed by atoms with Crippen molar-refractivity contribution in [2.24, 2.45) is 0 Å². The van der Waals surface area contributed by atoms with Crippen LogP contribution in [0.4, 0.5) is 10.1 Å². The van der Waals surface area contributed by atoms with Gasteiger partial charge in [-0.05, 0) is 18.2 Å². The van der Waals surface area contributed by atoms with E-state index in [-0.39, 0.29) is 27.1 Å². The predicted octanol–water partition coefficient (Wildman–Crippen LogP) is 1.04. The fourth-order valence-corrected chi connectivity index (χ4v) is 2.60. The van der Waals surface area contributed by atoms with Crippen molar-refractivity contribution in [3.63, 3.8) is 0 Å². The molecule has 132 valence electrons. The first-order valence-electron chi connectivity index (χ1n) is 7.05. The number of benzene rings is 1. The number of amides is 1. The summed E-state index contributed by atoms with van der Waals surface area (Å²) < 4.78 is 13.8. The van der Waals surface area contributed by atoms with Crippen LogP contribution >= 0.6 is 23.2 Å². The van der Waals surface area contributed by atoms with Gasteiger partial charge in [-0.3, -0.25) is 4.79 Å². The number of nitrogens with one attached hydrogen (secondary N) is 1. The van der Waals surface area contributed by atoms with Crippen molar-refractivity contribution in [1.82, 2.24) is 20.0 Å². The molecule has 3 rings (SSSR count). The lowest BCUT2D eigenvalue weighted by Crippen LogP contribution is -2.33. The first-order chi connectivity index (χ1) is 12.4. The zero-order valence-corrected chi connectivity index (χ0v) is 14.3. The van der Waals surface area contributed by atoms with Crippen LogP contribution in [0.5, 0.6) is 0 Å². The maximum atomic E-state index is 13.8. The molecule has 0 saturated carbocycles. The molecule has 0 spiro atoms. The summed E-state index contributed by atoms with van der Waals surface area (Å²) in [4.78, 5) is 17.6. The molecule has 1 aromatic carbocycles. The fourth-order valence-electron chi connectivity index (χ4n) is 2.10. The fraction of sp³-hybridized carbons (Fsp3) is 0. The van der Waals surface area contributed by atoms with E-state index in [0.29, 0.717) is 0 Å². The van der Waals surface area contributed by atoms with Gasteiger partial charge >= 0.3 is 7.12 Å². The molecule has 0 fully saturated rings. The molecular weight excluding hydrogens is 387 g/mol. The summed E-state index contributed by atoms with van der Waals surface area (Å²) in [6.07, 6.45) is 4.23. The number of anilines is 1. The van der Waals surface area contributed by atoms with Gasteiger partial charge in [0, 0.05) is 5.46 Å². The molecule has 3 N–H and O–H groups in total. The molecule has 3 aromatic rings. The van der Waals surface area contributed by atoms with Gasteiger partial charge in [0.05, 0.1) is 39.9 Å². The van der Waals surface area contributed by atoms with E-state index in [2.05, 4.69) is 20.5 Å². The molecule has 12 heteroatoms. The van der Waals surface area contributed by atoms with Crippen LogP contribution in [0, 0.1) is 5.82 Å². The van der Waals surface area contributed by atoms with E-state index in [1.807, 2.05) is 0 Å². The molecule has 26 heavy (non-hydrogen) atoms. The number of hydrogen-bond donors (Lipinski definition) is 3. The average molecular weight is 396 g/mol. The Bertz CT molecular complexity index is 971. The number of aromatic nitrogens is 4. The van der Waals surface area contributed by atoms with Crippen molar-refractivity contribution < 1.29 is 19.2 Å². The topological polar surface area (TPSA) is 113 Å². The number of rotatable bonds is 4. The third kappa shape index (κ3) is 3.68. The summed E-state index contributed by atoms with van der Waals surface area (Å²) >= 11 is 12.0. The largest absolute Gasteiger partial charge is 0.491 e. The SMILES string of the molecule is O=C(Nc1cnc(-n2nccn2)c(Cl)c1)c1cc(F)c(B(O)O)cc1Cl. The van der Waals surface area contributed by atoms with Crippen LogP contribution in [0.3, 0.4) is 0 Å². The predicted molar refractivity (Wildman–Crippen MR) is 93.4 cm³/mol. The maximum Gasteiger partial charge on any atom is 0.491 e. The smallest absolute Gasteiger partial charge is 0.423 e. The second-order valence-electron chi connectivity index (χ2n) is 5.03. The Morgan fingerprint density at radius 3 is 2.46 bits per heavy atom. The monoisotopic (exact) mass is 395 g/mol. The standard InChI is InChI=1S/C14H9BCl2FN5O3/c16-10-5-9(15(25)26)12(18)4-8(10)14(24)22-7-3-11(17)13(19-6-7)23-20-1-2-21-23/h1-6,25-26H,(H,22,24). The summed E-state index contributed by atoms with van der Waals surface area (Å²) in [5.41, 5.74) is -0.395. The number of carbonyl (C=O) groups excluding carboxylic acids is 1. The zero-order chi connectivity index (χ0) is 18.8. The molecule has 2 aromatic heterocycles. The van der Waals surface area contributed by atoms with Gasteiger partial charge in [0.2, 0.25) is 0 Å². The third-order valence-electron chi connectivity index (χ3n) is 3.30. The molecule has 0 bridgehead atoms. The van der Waals surface area contributed by atoms with Crippen molar-refractivity contribution in [3.05, 3.63) is 58.2 Å². The van der Waals surface area contributed by atoms with Crippen LogP contribution in [0.15, 0.2) is 36.8 Å². The zero-order valence-electron chi connectivity index (χ0n) is 12.8. The first-order valence-corrected chi connectivity index (χ1v) is 7.81. The van der Waals surface area contributed by atoms with Gasteiger partial charge in [-0.25, -0.2) is 9.37 Å². The van der Waals surface area contributed by atoms with Gasteiger partial charge in [0.15, 0.2) is 5.82 Å². The summed E-state index contributed by atoms with van der Waals surface area (Å²) in [7, 11) is -2.05. The molecule has 0 saturated heterocycles. The van der Waals surface area contributed by atoms with Gasteiger partial charge in [-0.15, -0.1) is 4.80 Å². The molecule has 0 aliphatic carbocycles. The second-order valence-corrected chi connectivity index (χ2v) is 5.84. The minimum Gasteiger partial charge on any atom is -0.423 e. The van der Waals surface area contributed by atoms with Gasteiger partial charge in [0.25, 0.3) is 5.91 Å². The lowest BCUT2D eigenvalue weighted by molar-refractivity contribution is 0.102. The van der Waals surface area contributed by atoms with E-state index >= 15 is 0 Å². The molecular formula is C14H9BCl2FN5O3. The van der Waals surface area contributed by atoms with E-state index in [1.165, 1.54) is 29.5 Å². The van der Waals surface area contributed by atoms with Crippen molar-refractivity contribution in [2.75, 3.05) is 5.32 Å². The third-order valence-corrected chi connectivity index (χ3v) is 3.89. The number of carbonyl (C=O) groups is 1. The Balaban J connectivity index is 1.84. The molecule has 1 amide bonds. The maximum absolute atomic E-state index is 13.8. The first kappa shape index (κ1) is 18.3. The summed E-state index contributed by atoms with van der Waals surface area (Å²) in [5, 5.41) is 28.4. The molecule has 0 atom stereocenters. The van der Waals surface area contributed by atoms with Gasteiger partial charge < -0.3 is 15.4 Å².